The summed E-state index contributed by atoms with van der Waals surface area (Å²) in [5.41, 5.74) is 2.24. The molecule has 0 amide bonds. The lowest BCUT2D eigenvalue weighted by molar-refractivity contribution is 0.0384. The predicted octanol–water partition coefficient (Wildman–Crippen LogP) is 1.46. The second-order valence-electron chi connectivity index (χ2n) is 4.55. The topological polar surface area (TPSA) is 45.3 Å². The summed E-state index contributed by atoms with van der Waals surface area (Å²) in [4.78, 5) is 16.5. The van der Waals surface area contributed by atoms with Crippen molar-refractivity contribution in [2.75, 3.05) is 32.8 Å². The number of H-pyrrole nitrogens is 1. The molecule has 3 rings (SSSR count). The summed E-state index contributed by atoms with van der Waals surface area (Å²) in [5, 5.41) is 0. The highest BCUT2D eigenvalue weighted by atomic mass is 32.1. The SMILES string of the molecule is O=c1[nH]c2ccc(CCN3CCOCC3)cc2s1. The lowest BCUT2D eigenvalue weighted by Gasteiger charge is -2.26. The second kappa shape index (κ2) is 5.22. The molecule has 1 aliphatic heterocycles. The molecule has 1 aromatic carbocycles. The van der Waals surface area contributed by atoms with Crippen LogP contribution in [0.5, 0.6) is 0 Å². The zero-order valence-electron chi connectivity index (χ0n) is 10.1. The third-order valence-electron chi connectivity index (χ3n) is 3.31. The maximum absolute atomic E-state index is 11.2. The van der Waals surface area contributed by atoms with Crippen molar-refractivity contribution in [2.45, 2.75) is 6.42 Å². The maximum atomic E-state index is 11.2. The number of hydrogen-bond acceptors (Lipinski definition) is 4. The first-order valence-corrected chi connectivity index (χ1v) is 7.05. The van der Waals surface area contributed by atoms with Crippen LogP contribution in [0.15, 0.2) is 23.0 Å². The van der Waals surface area contributed by atoms with E-state index in [-0.39, 0.29) is 4.87 Å². The number of benzene rings is 1. The Labute approximate surface area is 109 Å². The van der Waals surface area contributed by atoms with Gasteiger partial charge in [-0.15, -0.1) is 0 Å². The molecule has 0 spiro atoms. The van der Waals surface area contributed by atoms with Gasteiger partial charge in [0.25, 0.3) is 0 Å². The first-order valence-electron chi connectivity index (χ1n) is 6.23. The minimum Gasteiger partial charge on any atom is -0.379 e. The van der Waals surface area contributed by atoms with Gasteiger partial charge in [-0.1, -0.05) is 17.4 Å². The third-order valence-corrected chi connectivity index (χ3v) is 4.15. The van der Waals surface area contributed by atoms with Gasteiger partial charge in [0.2, 0.25) is 0 Å². The number of hydrogen-bond donors (Lipinski definition) is 1. The number of fused-ring (bicyclic) bond motifs is 1. The number of rotatable bonds is 3. The van der Waals surface area contributed by atoms with Gasteiger partial charge in [-0.3, -0.25) is 9.69 Å². The Balaban J connectivity index is 1.68. The summed E-state index contributed by atoms with van der Waals surface area (Å²) in [6, 6.07) is 6.23. The van der Waals surface area contributed by atoms with Crippen molar-refractivity contribution in [1.82, 2.24) is 9.88 Å². The van der Waals surface area contributed by atoms with E-state index >= 15 is 0 Å². The highest BCUT2D eigenvalue weighted by molar-refractivity contribution is 7.16. The van der Waals surface area contributed by atoms with E-state index in [4.69, 9.17) is 4.74 Å². The fourth-order valence-corrected chi connectivity index (χ4v) is 3.06. The van der Waals surface area contributed by atoms with Crippen LogP contribution in [-0.2, 0) is 11.2 Å². The van der Waals surface area contributed by atoms with Crippen molar-refractivity contribution in [3.63, 3.8) is 0 Å². The van der Waals surface area contributed by atoms with Crippen LogP contribution in [0.4, 0.5) is 0 Å². The fourth-order valence-electron chi connectivity index (χ4n) is 2.26. The smallest absolute Gasteiger partial charge is 0.305 e. The average molecular weight is 264 g/mol. The van der Waals surface area contributed by atoms with Crippen LogP contribution >= 0.6 is 11.3 Å². The van der Waals surface area contributed by atoms with Gasteiger partial charge in [-0.05, 0) is 24.1 Å². The highest BCUT2D eigenvalue weighted by Gasteiger charge is 2.10. The van der Waals surface area contributed by atoms with Crippen molar-refractivity contribution in [1.29, 1.82) is 0 Å². The molecule has 2 heterocycles. The maximum Gasteiger partial charge on any atom is 0.305 e. The summed E-state index contributed by atoms with van der Waals surface area (Å²) < 4.78 is 6.39. The first kappa shape index (κ1) is 11.9. The molecule has 1 saturated heterocycles. The molecule has 0 bridgehead atoms. The highest BCUT2D eigenvalue weighted by Crippen LogP contribution is 2.16. The lowest BCUT2D eigenvalue weighted by atomic mass is 10.1. The summed E-state index contributed by atoms with van der Waals surface area (Å²) in [7, 11) is 0. The number of nitrogens with zero attached hydrogens (tertiary/aromatic N) is 1. The molecule has 18 heavy (non-hydrogen) atoms. The van der Waals surface area contributed by atoms with Gasteiger partial charge in [-0.2, -0.15) is 0 Å². The molecule has 1 fully saturated rings. The summed E-state index contributed by atoms with van der Waals surface area (Å²) in [6.45, 7) is 4.81. The Bertz CT molecular complexity index is 584. The van der Waals surface area contributed by atoms with Crippen LogP contribution in [0, 0.1) is 0 Å². The monoisotopic (exact) mass is 264 g/mol. The van der Waals surface area contributed by atoms with Crippen molar-refractivity contribution >= 4 is 21.6 Å². The first-order chi connectivity index (χ1) is 8.81. The van der Waals surface area contributed by atoms with E-state index in [1.54, 1.807) is 0 Å². The van der Waals surface area contributed by atoms with E-state index in [9.17, 15) is 4.79 Å². The van der Waals surface area contributed by atoms with E-state index in [0.29, 0.717) is 0 Å². The zero-order chi connectivity index (χ0) is 12.4. The van der Waals surface area contributed by atoms with Gasteiger partial charge in [0.05, 0.1) is 23.4 Å². The second-order valence-corrected chi connectivity index (χ2v) is 5.56. The van der Waals surface area contributed by atoms with Crippen LogP contribution in [0.3, 0.4) is 0 Å². The Kier molecular flexibility index (Phi) is 3.45. The molecular formula is C13H16N2O2S. The summed E-state index contributed by atoms with van der Waals surface area (Å²) in [5.74, 6) is 0. The van der Waals surface area contributed by atoms with Gasteiger partial charge in [-0.25, -0.2) is 0 Å². The van der Waals surface area contributed by atoms with Crippen molar-refractivity contribution < 1.29 is 4.74 Å². The summed E-state index contributed by atoms with van der Waals surface area (Å²) in [6.07, 6.45) is 1.03. The minimum absolute atomic E-state index is 0.0235. The van der Waals surface area contributed by atoms with E-state index < -0.39 is 0 Å². The van der Waals surface area contributed by atoms with Gasteiger partial charge < -0.3 is 9.72 Å². The van der Waals surface area contributed by atoms with E-state index in [1.165, 1.54) is 16.9 Å². The molecule has 96 valence electrons. The van der Waals surface area contributed by atoms with Crippen LogP contribution < -0.4 is 4.87 Å². The molecule has 1 aromatic heterocycles. The van der Waals surface area contributed by atoms with Gasteiger partial charge in [0, 0.05) is 19.6 Å². The van der Waals surface area contributed by atoms with E-state index in [2.05, 4.69) is 22.0 Å². The molecule has 0 radical (unpaired) electrons. The van der Waals surface area contributed by atoms with Gasteiger partial charge in [0.1, 0.15) is 0 Å². The van der Waals surface area contributed by atoms with Crippen molar-refractivity contribution in [3.8, 4) is 0 Å². The van der Waals surface area contributed by atoms with Crippen LogP contribution in [0.25, 0.3) is 10.2 Å². The van der Waals surface area contributed by atoms with Crippen molar-refractivity contribution in [2.24, 2.45) is 0 Å². The molecule has 1 N–H and O–H groups in total. The zero-order valence-corrected chi connectivity index (χ0v) is 11.0. The molecule has 5 heteroatoms. The average Bonchev–Trinajstić information content (AvgIpc) is 2.77. The number of morpholine rings is 1. The number of thiazole rings is 1. The molecule has 2 aromatic rings. The number of aromatic amines is 1. The molecular weight excluding hydrogens is 248 g/mol. The molecule has 0 unspecified atom stereocenters. The molecule has 0 aliphatic carbocycles. The number of nitrogens with one attached hydrogen (secondary N) is 1. The normalized spacial score (nSPS) is 17.3. The van der Waals surface area contributed by atoms with Gasteiger partial charge in [0.15, 0.2) is 0 Å². The quantitative estimate of drug-likeness (QED) is 0.913. The number of ether oxygens (including phenoxy) is 1. The van der Waals surface area contributed by atoms with Crippen LogP contribution in [0.1, 0.15) is 5.56 Å². The van der Waals surface area contributed by atoms with Crippen LogP contribution in [-0.4, -0.2) is 42.7 Å². The Morgan fingerprint density at radius 2 is 2.17 bits per heavy atom. The standard InChI is InChI=1S/C13H16N2O2S/c16-13-14-11-2-1-10(9-12(11)18-13)3-4-15-5-7-17-8-6-15/h1-2,9H,3-8H2,(H,14,16). The van der Waals surface area contributed by atoms with Crippen molar-refractivity contribution in [3.05, 3.63) is 33.4 Å². The molecule has 0 saturated carbocycles. The predicted molar refractivity (Wildman–Crippen MR) is 73.4 cm³/mol. The van der Waals surface area contributed by atoms with Gasteiger partial charge >= 0.3 is 4.87 Å². The molecule has 1 aliphatic rings. The number of aromatic nitrogens is 1. The van der Waals surface area contributed by atoms with E-state index in [1.807, 2.05) is 6.07 Å². The summed E-state index contributed by atoms with van der Waals surface area (Å²) >= 11 is 1.28. The Morgan fingerprint density at radius 1 is 1.33 bits per heavy atom. The molecule has 4 nitrogen and oxygen atoms in total. The Morgan fingerprint density at radius 3 is 3.00 bits per heavy atom. The lowest BCUT2D eigenvalue weighted by Crippen LogP contribution is -2.37. The third kappa shape index (κ3) is 2.63. The fraction of sp³-hybridized carbons (Fsp3) is 0.462. The Hall–Kier alpha value is -1.17. The molecule has 0 atom stereocenters. The van der Waals surface area contributed by atoms with Crippen LogP contribution in [0.2, 0.25) is 0 Å². The largest absolute Gasteiger partial charge is 0.379 e. The van der Waals surface area contributed by atoms with E-state index in [0.717, 1.165) is 49.5 Å². The minimum atomic E-state index is 0.0235.